The van der Waals surface area contributed by atoms with Crippen LogP contribution in [-0.4, -0.2) is 12.8 Å². The molecule has 4 heterocycles. The Morgan fingerprint density at radius 3 is 2.14 bits per heavy atom. The van der Waals surface area contributed by atoms with Gasteiger partial charge in [0.15, 0.2) is 0 Å². The Bertz CT molecular complexity index is 2320. The minimum atomic E-state index is 0.0598. The number of fused-ring (bicyclic) bond motifs is 9. The van der Waals surface area contributed by atoms with Gasteiger partial charge in [-0.05, 0) is 98.8 Å². The molecule has 1 aromatic heterocycles. The van der Waals surface area contributed by atoms with Crippen LogP contribution >= 0.6 is 11.3 Å². The molecular formula is C46H45BN2S. The third-order valence-electron chi connectivity index (χ3n) is 12.2. The van der Waals surface area contributed by atoms with Gasteiger partial charge in [0, 0.05) is 49.6 Å². The second kappa shape index (κ2) is 10.6. The fourth-order valence-corrected chi connectivity index (χ4v) is 11.0. The Labute approximate surface area is 301 Å². The van der Waals surface area contributed by atoms with Gasteiger partial charge in [-0.15, -0.1) is 11.3 Å². The molecule has 2 unspecified atom stereocenters. The number of thiophene rings is 1. The van der Waals surface area contributed by atoms with E-state index in [4.69, 9.17) is 0 Å². The van der Waals surface area contributed by atoms with Gasteiger partial charge >= 0.3 is 0 Å². The van der Waals surface area contributed by atoms with Crippen LogP contribution in [0.15, 0.2) is 103 Å². The highest BCUT2D eigenvalue weighted by Crippen LogP contribution is 2.55. The first kappa shape index (κ1) is 30.5. The van der Waals surface area contributed by atoms with Gasteiger partial charge in [0.2, 0.25) is 0 Å². The van der Waals surface area contributed by atoms with Crippen molar-refractivity contribution in [3.05, 3.63) is 120 Å². The van der Waals surface area contributed by atoms with Gasteiger partial charge in [-0.3, -0.25) is 0 Å². The summed E-state index contributed by atoms with van der Waals surface area (Å²) in [6.45, 7) is 14.2. The normalized spacial score (nSPS) is 19.0. The Kier molecular flexibility index (Phi) is 6.49. The Morgan fingerprint density at radius 2 is 1.38 bits per heavy atom. The number of hydrogen-bond acceptors (Lipinski definition) is 3. The van der Waals surface area contributed by atoms with Crippen LogP contribution in [0.4, 0.5) is 28.4 Å². The van der Waals surface area contributed by atoms with Gasteiger partial charge < -0.3 is 9.80 Å². The van der Waals surface area contributed by atoms with Crippen molar-refractivity contribution in [3.8, 4) is 11.1 Å². The molecule has 2 nitrogen and oxygen atoms in total. The van der Waals surface area contributed by atoms with Crippen molar-refractivity contribution in [1.82, 2.24) is 0 Å². The lowest BCUT2D eigenvalue weighted by Gasteiger charge is -2.44. The summed E-state index contributed by atoms with van der Waals surface area (Å²) in [6, 6.07) is 40.7. The zero-order valence-electron chi connectivity index (χ0n) is 30.2. The van der Waals surface area contributed by atoms with E-state index in [2.05, 4.69) is 154 Å². The molecule has 0 bridgehead atoms. The summed E-state index contributed by atoms with van der Waals surface area (Å²) < 4.78 is 2.86. The van der Waals surface area contributed by atoms with E-state index in [0.717, 1.165) is 0 Å². The van der Waals surface area contributed by atoms with Gasteiger partial charge in [0.1, 0.15) is 0 Å². The van der Waals surface area contributed by atoms with E-state index in [1.807, 2.05) is 11.3 Å². The molecule has 1 saturated carbocycles. The molecule has 6 aromatic rings. The van der Waals surface area contributed by atoms with Gasteiger partial charge in [0.05, 0.1) is 5.69 Å². The predicted octanol–water partition coefficient (Wildman–Crippen LogP) is 11.0. The van der Waals surface area contributed by atoms with Gasteiger partial charge in [-0.1, -0.05) is 121 Å². The third kappa shape index (κ3) is 4.33. The summed E-state index contributed by atoms with van der Waals surface area (Å²) in [5, 5.41) is 1.37. The monoisotopic (exact) mass is 668 g/mol. The maximum absolute atomic E-state index is 2.83. The molecule has 50 heavy (non-hydrogen) atoms. The van der Waals surface area contributed by atoms with E-state index in [1.165, 1.54) is 102 Å². The maximum atomic E-state index is 2.83. The largest absolute Gasteiger partial charge is 0.338 e. The molecule has 4 aliphatic rings. The molecule has 248 valence electrons. The molecule has 2 atom stereocenters. The second-order valence-electron chi connectivity index (χ2n) is 17.2. The molecule has 4 heteroatoms. The highest BCUT2D eigenvalue weighted by Gasteiger charge is 2.51. The minimum absolute atomic E-state index is 0.0598. The number of rotatable bonds is 2. The van der Waals surface area contributed by atoms with E-state index < -0.39 is 0 Å². The van der Waals surface area contributed by atoms with Crippen molar-refractivity contribution < 1.29 is 0 Å². The Balaban J connectivity index is 1.33. The summed E-state index contributed by atoms with van der Waals surface area (Å²) in [6.07, 6.45) is 5.20. The SMILES string of the molecule is CC(C)(C)c1ccc(N2c3cc(-c4ccccc4)cc4c3B(c3cccc5c3N4C3CCCCC53)c3sc4ccc(C(C)(C)C)cc4c32)cc1. The van der Waals surface area contributed by atoms with E-state index in [9.17, 15) is 0 Å². The number of nitrogens with zero attached hydrogens (tertiary/aromatic N) is 2. The second-order valence-corrected chi connectivity index (χ2v) is 18.3. The molecule has 0 saturated heterocycles. The van der Waals surface area contributed by atoms with Crippen LogP contribution in [0, 0.1) is 0 Å². The van der Waals surface area contributed by atoms with Crippen molar-refractivity contribution in [2.24, 2.45) is 0 Å². The van der Waals surface area contributed by atoms with Gasteiger partial charge in [-0.25, -0.2) is 0 Å². The van der Waals surface area contributed by atoms with Crippen LogP contribution < -0.4 is 25.5 Å². The topological polar surface area (TPSA) is 6.48 Å². The van der Waals surface area contributed by atoms with E-state index in [-0.39, 0.29) is 17.5 Å². The van der Waals surface area contributed by atoms with Crippen molar-refractivity contribution in [3.63, 3.8) is 0 Å². The average molecular weight is 669 g/mol. The zero-order chi connectivity index (χ0) is 34.1. The quantitative estimate of drug-likeness (QED) is 0.169. The molecule has 3 aliphatic heterocycles. The molecule has 10 rings (SSSR count). The highest BCUT2D eigenvalue weighted by molar-refractivity contribution is 7.33. The van der Waals surface area contributed by atoms with Crippen LogP contribution in [0.2, 0.25) is 0 Å². The first-order valence-electron chi connectivity index (χ1n) is 18.7. The standard InChI is InChI=1S/C46H45BN2S/c1-45(2,3)30-19-22-32(23-20-30)48-38-25-29(28-13-8-7-9-14-28)26-39-41(38)47(44-43(48)35-27-31(46(4,5)6)21-24-40(35)50-44)36-17-12-16-34-33-15-10-11-18-37(33)49(39)42(34)36/h7-9,12-14,16-17,19-27,33,37H,10-11,15,18H2,1-6H3. The predicted molar refractivity (Wildman–Crippen MR) is 218 cm³/mol. The Morgan fingerprint density at radius 1 is 0.660 bits per heavy atom. The summed E-state index contributed by atoms with van der Waals surface area (Å²) in [5.41, 5.74) is 16.9. The fourth-order valence-electron chi connectivity index (χ4n) is 9.66. The van der Waals surface area contributed by atoms with Crippen LogP contribution in [0.3, 0.4) is 0 Å². The lowest BCUT2D eigenvalue weighted by atomic mass is 9.36. The van der Waals surface area contributed by atoms with Gasteiger partial charge in [-0.2, -0.15) is 0 Å². The van der Waals surface area contributed by atoms with Crippen molar-refractivity contribution in [2.75, 3.05) is 9.80 Å². The van der Waals surface area contributed by atoms with Crippen LogP contribution in [-0.2, 0) is 10.8 Å². The molecule has 0 spiro atoms. The third-order valence-corrected chi connectivity index (χ3v) is 13.4. The molecule has 1 aliphatic carbocycles. The van der Waals surface area contributed by atoms with E-state index in [1.54, 1.807) is 5.56 Å². The zero-order valence-corrected chi connectivity index (χ0v) is 31.0. The first-order chi connectivity index (χ1) is 24.1. The summed E-state index contributed by atoms with van der Waals surface area (Å²) >= 11 is 2.02. The maximum Gasteiger partial charge on any atom is 0.264 e. The molecule has 0 radical (unpaired) electrons. The van der Waals surface area contributed by atoms with Gasteiger partial charge in [0.25, 0.3) is 6.71 Å². The first-order valence-corrected chi connectivity index (χ1v) is 19.5. The van der Waals surface area contributed by atoms with Crippen LogP contribution in [0.25, 0.3) is 21.2 Å². The number of hydrogen-bond donors (Lipinski definition) is 0. The van der Waals surface area contributed by atoms with Crippen molar-refractivity contribution in [2.45, 2.75) is 90.0 Å². The van der Waals surface area contributed by atoms with Crippen LogP contribution in [0.5, 0.6) is 0 Å². The average Bonchev–Trinajstić information content (AvgIpc) is 3.66. The summed E-state index contributed by atoms with van der Waals surface area (Å²) in [4.78, 5) is 5.48. The lowest BCUT2D eigenvalue weighted by Crippen LogP contribution is -2.61. The lowest BCUT2D eigenvalue weighted by molar-refractivity contribution is 0.402. The molecule has 5 aromatic carbocycles. The summed E-state index contributed by atoms with van der Waals surface area (Å²) in [7, 11) is 0. The summed E-state index contributed by atoms with van der Waals surface area (Å²) in [5.74, 6) is 0.604. The van der Waals surface area contributed by atoms with E-state index >= 15 is 0 Å². The minimum Gasteiger partial charge on any atom is -0.338 e. The van der Waals surface area contributed by atoms with Crippen molar-refractivity contribution >= 4 is 72.3 Å². The highest BCUT2D eigenvalue weighted by atomic mass is 32.1. The van der Waals surface area contributed by atoms with Crippen molar-refractivity contribution in [1.29, 1.82) is 0 Å². The number of para-hydroxylation sites is 1. The fraction of sp³-hybridized carbons (Fsp3) is 0.304. The molecule has 0 N–H and O–H groups in total. The number of benzene rings is 5. The Hall–Kier alpha value is -4.28. The smallest absolute Gasteiger partial charge is 0.264 e. The van der Waals surface area contributed by atoms with E-state index in [0.29, 0.717) is 12.0 Å². The number of anilines is 5. The molecular weight excluding hydrogens is 623 g/mol. The molecule has 1 fully saturated rings. The van der Waals surface area contributed by atoms with Crippen LogP contribution in [0.1, 0.15) is 89.8 Å². The molecule has 0 amide bonds.